The molecule has 0 radical (unpaired) electrons. The molecule has 0 heterocycles. The molecule has 96 valence electrons. The van der Waals surface area contributed by atoms with Gasteiger partial charge in [0.1, 0.15) is 0 Å². The summed E-state index contributed by atoms with van der Waals surface area (Å²) in [6, 6.07) is 7.00. The maximum atomic E-state index is 10.4. The zero-order valence-electron chi connectivity index (χ0n) is 11.7. The fourth-order valence-corrected chi connectivity index (χ4v) is 1.37. The fourth-order valence-electron chi connectivity index (χ4n) is 1.37. The van der Waals surface area contributed by atoms with Gasteiger partial charge in [0.05, 0.1) is 5.97 Å². The van der Waals surface area contributed by atoms with Gasteiger partial charge in [0, 0.05) is 25.5 Å². The molecule has 0 atom stereocenters. The molecule has 0 aliphatic carbocycles. The van der Waals surface area contributed by atoms with Crippen molar-refractivity contribution in [2.45, 2.75) is 6.42 Å². The number of carbonyl (C=O) groups excluding carboxylic acids is 2. The van der Waals surface area contributed by atoms with Crippen LogP contribution in [0.25, 0.3) is 6.08 Å². The van der Waals surface area contributed by atoms with Gasteiger partial charge < -0.3 is 25.1 Å². The van der Waals surface area contributed by atoms with Gasteiger partial charge >= 0.3 is 103 Å². The third kappa shape index (κ3) is 11.8. The molecule has 0 saturated heterocycles. The van der Waals surface area contributed by atoms with Crippen LogP contribution in [0.5, 0.6) is 0 Å². The van der Waals surface area contributed by atoms with Crippen molar-refractivity contribution in [2.75, 3.05) is 13.1 Å². The third-order valence-electron chi connectivity index (χ3n) is 2.17. The van der Waals surface area contributed by atoms with Gasteiger partial charge in [-0.2, -0.15) is 0 Å². The van der Waals surface area contributed by atoms with Gasteiger partial charge in [-0.1, -0.05) is 36.4 Å². The molecule has 20 heavy (non-hydrogen) atoms. The Bertz CT molecular complexity index is 446. The normalized spacial score (nSPS) is 9.60. The Morgan fingerprint density at radius 3 is 2.15 bits per heavy atom. The number of carbonyl (C=O) groups is 2. The van der Waals surface area contributed by atoms with E-state index in [9.17, 15) is 19.8 Å². The van der Waals surface area contributed by atoms with Gasteiger partial charge in [0.15, 0.2) is 0 Å². The van der Waals surface area contributed by atoms with Gasteiger partial charge in [0.2, 0.25) is 0 Å². The minimum atomic E-state index is -1.14. The van der Waals surface area contributed by atoms with E-state index in [4.69, 9.17) is 0 Å². The Kier molecular flexibility index (Phi) is 16.1. The molecule has 0 aromatic heterocycles. The number of carboxylic acids is 2. The van der Waals surface area contributed by atoms with Crippen molar-refractivity contribution < 1.29 is 123 Å². The molecule has 1 aromatic carbocycles. The fraction of sp³-hybridized carbons (Fsp3) is 0.231. The van der Waals surface area contributed by atoms with Crippen molar-refractivity contribution in [3.63, 3.8) is 0 Å². The Labute approximate surface area is 203 Å². The first-order valence-electron chi connectivity index (χ1n) is 5.44. The van der Waals surface area contributed by atoms with E-state index in [1.54, 1.807) is 30.3 Å². The van der Waals surface area contributed by atoms with Gasteiger partial charge in [-0.15, -0.1) is 0 Å². The number of hydrogen-bond acceptors (Lipinski definition) is 5. The summed E-state index contributed by atoms with van der Waals surface area (Å²) in [6.07, 6.45) is 3.49. The molecule has 0 spiro atoms. The number of nitrogens with one attached hydrogen (secondary N) is 1. The van der Waals surface area contributed by atoms with Crippen LogP contribution in [0.15, 0.2) is 30.3 Å². The molecule has 0 unspecified atom stereocenters. The number of hydrogen-bond donors (Lipinski definition) is 1. The first-order chi connectivity index (χ1) is 8.58. The van der Waals surface area contributed by atoms with Crippen LogP contribution in [0, 0.1) is 0 Å². The summed E-state index contributed by atoms with van der Waals surface area (Å²) in [4.78, 5) is 20.5. The van der Waals surface area contributed by atoms with Gasteiger partial charge in [0.25, 0.3) is 0 Å². The molecule has 1 aromatic rings. The van der Waals surface area contributed by atoms with Crippen LogP contribution >= 0.6 is 0 Å². The van der Waals surface area contributed by atoms with Crippen LogP contribution < -0.4 is 118 Å². The Balaban J connectivity index is 0. The summed E-state index contributed by atoms with van der Waals surface area (Å²) < 4.78 is 0. The van der Waals surface area contributed by atoms with E-state index in [2.05, 4.69) is 5.32 Å². The maximum absolute atomic E-state index is 10.4. The van der Waals surface area contributed by atoms with Gasteiger partial charge in [-0.25, -0.2) is 0 Å². The molecule has 1 N–H and O–H groups in total. The summed E-state index contributed by atoms with van der Waals surface area (Å²) in [6.45, 7) is 0.240. The summed E-state index contributed by atoms with van der Waals surface area (Å²) in [5.74, 6) is -2.25. The maximum Gasteiger partial charge on any atom is 1.00 e. The van der Waals surface area contributed by atoms with Crippen molar-refractivity contribution >= 4 is 18.0 Å². The largest absolute Gasteiger partial charge is 1.00 e. The van der Waals surface area contributed by atoms with Crippen LogP contribution in [0.4, 0.5) is 0 Å². The second-order valence-corrected chi connectivity index (χ2v) is 3.70. The molecular formula is C13H13K2NO4. The molecule has 0 bridgehead atoms. The summed E-state index contributed by atoms with van der Waals surface area (Å²) in [5.41, 5.74) is 1.59. The second-order valence-electron chi connectivity index (χ2n) is 3.70. The SMILES string of the molecule is O=C([O-])CNCC=Cc1ccc(CC(=O)[O-])cc1.[K+].[K+]. The Morgan fingerprint density at radius 2 is 1.65 bits per heavy atom. The molecule has 0 fully saturated rings. The monoisotopic (exact) mass is 325 g/mol. The zero-order valence-corrected chi connectivity index (χ0v) is 18.0. The van der Waals surface area contributed by atoms with Crippen molar-refractivity contribution in [3.8, 4) is 0 Å². The van der Waals surface area contributed by atoms with E-state index < -0.39 is 11.9 Å². The van der Waals surface area contributed by atoms with Crippen molar-refractivity contribution in [1.29, 1.82) is 0 Å². The number of aliphatic carboxylic acids is 2. The minimum Gasteiger partial charge on any atom is -0.550 e. The van der Waals surface area contributed by atoms with Gasteiger partial charge in [-0.05, 0) is 11.1 Å². The van der Waals surface area contributed by atoms with E-state index in [0.29, 0.717) is 12.1 Å². The van der Waals surface area contributed by atoms with Crippen molar-refractivity contribution in [3.05, 3.63) is 41.5 Å². The smallest absolute Gasteiger partial charge is 0.550 e. The molecule has 0 amide bonds. The molecule has 5 nitrogen and oxygen atoms in total. The van der Waals surface area contributed by atoms with E-state index in [1.807, 2.05) is 6.08 Å². The predicted octanol–water partition coefficient (Wildman–Crippen LogP) is -7.66. The van der Waals surface area contributed by atoms with Crippen molar-refractivity contribution in [1.82, 2.24) is 5.32 Å². The van der Waals surface area contributed by atoms with E-state index in [1.165, 1.54) is 0 Å². The van der Waals surface area contributed by atoms with Crippen LogP contribution in [0.1, 0.15) is 11.1 Å². The molecule has 0 saturated carbocycles. The number of rotatable bonds is 7. The third-order valence-corrected chi connectivity index (χ3v) is 2.17. The van der Waals surface area contributed by atoms with E-state index in [0.717, 1.165) is 5.56 Å². The topological polar surface area (TPSA) is 92.3 Å². The van der Waals surface area contributed by atoms with Crippen molar-refractivity contribution in [2.24, 2.45) is 0 Å². The van der Waals surface area contributed by atoms with Gasteiger partial charge in [-0.3, -0.25) is 0 Å². The molecule has 0 aliphatic heterocycles. The van der Waals surface area contributed by atoms with E-state index in [-0.39, 0.29) is 116 Å². The first-order valence-corrected chi connectivity index (χ1v) is 5.44. The molecule has 1 rings (SSSR count). The molecule has 7 heteroatoms. The first kappa shape index (κ1) is 23.4. The molecule has 0 aliphatic rings. The summed E-state index contributed by atoms with van der Waals surface area (Å²) >= 11 is 0. The average Bonchev–Trinajstić information content (AvgIpc) is 2.30. The van der Waals surface area contributed by atoms with E-state index >= 15 is 0 Å². The molecular weight excluding hydrogens is 312 g/mol. The minimum absolute atomic E-state index is 0. The Hall–Kier alpha value is 1.13. The quantitative estimate of drug-likeness (QED) is 0.397. The van der Waals surface area contributed by atoms with Crippen LogP contribution in [0.3, 0.4) is 0 Å². The zero-order chi connectivity index (χ0) is 13.4. The Morgan fingerprint density at radius 1 is 1.05 bits per heavy atom. The standard InChI is InChI=1S/C13H15NO4.2K/c15-12(16)8-11-5-3-10(4-6-11)2-1-7-14-9-13(17)18;;/h1-6,14H,7-9H2,(H,15,16)(H,17,18);;/q;2*+1/p-2. The predicted molar refractivity (Wildman–Crippen MR) is 62.1 cm³/mol. The van der Waals surface area contributed by atoms with Crippen LogP contribution in [-0.2, 0) is 16.0 Å². The van der Waals surface area contributed by atoms with Crippen LogP contribution in [-0.4, -0.2) is 25.0 Å². The summed E-state index contributed by atoms with van der Waals surface area (Å²) in [7, 11) is 0. The number of benzene rings is 1. The average molecular weight is 325 g/mol. The second kappa shape index (κ2) is 13.8. The summed E-state index contributed by atoms with van der Waals surface area (Å²) in [5, 5.41) is 23.1. The number of carboxylic acid groups (broad SMARTS) is 2. The van der Waals surface area contributed by atoms with Crippen LogP contribution in [0.2, 0.25) is 0 Å².